The zero-order chi connectivity index (χ0) is 33.6. The first-order valence-corrected chi connectivity index (χ1v) is 13.1. The van der Waals surface area contributed by atoms with E-state index in [1.54, 1.807) is 4.98 Å². The largest absolute Gasteiger partial charge is 0.503 e. The van der Waals surface area contributed by atoms with Crippen LogP contribution < -0.4 is 24.5 Å². The van der Waals surface area contributed by atoms with Crippen molar-refractivity contribution in [2.24, 2.45) is 0 Å². The number of phenols is 4. The van der Waals surface area contributed by atoms with Gasteiger partial charge in [0.25, 0.3) is 21.5 Å². The van der Waals surface area contributed by atoms with Crippen molar-refractivity contribution in [2.75, 3.05) is 18.9 Å². The number of nitrogens with one attached hydrogen (secondary N) is 2. The van der Waals surface area contributed by atoms with Crippen LogP contribution in [0.1, 0.15) is 5.56 Å². The van der Waals surface area contributed by atoms with Crippen LogP contribution in [0.15, 0.2) is 28.2 Å². The number of ether oxygens (including phenoxy) is 3. The van der Waals surface area contributed by atoms with Crippen LogP contribution in [0.3, 0.4) is 0 Å². The van der Waals surface area contributed by atoms with E-state index in [9.17, 15) is 64.3 Å². The van der Waals surface area contributed by atoms with Gasteiger partial charge in [0.15, 0.2) is 28.2 Å². The maximum Gasteiger partial charge on any atom is 0.305 e. The molecule has 4 aromatic rings. The van der Waals surface area contributed by atoms with Gasteiger partial charge < -0.3 is 65.3 Å². The summed E-state index contributed by atoms with van der Waals surface area (Å²) in [4.78, 5) is 25.0. The Hall–Kier alpha value is -5.97. The summed E-state index contributed by atoms with van der Waals surface area (Å²) in [6.45, 7) is 0. The second kappa shape index (κ2) is 11.3. The van der Waals surface area contributed by atoms with Gasteiger partial charge in [-0.1, -0.05) is 0 Å². The van der Waals surface area contributed by atoms with Crippen molar-refractivity contribution < 1.29 is 73.7 Å². The van der Waals surface area contributed by atoms with Gasteiger partial charge in [-0.25, -0.2) is 9.97 Å². The molecule has 0 aliphatic rings. The number of H-pyrrole nitrogens is 1. The lowest BCUT2D eigenvalue weighted by Gasteiger charge is -2.19. The number of pyridine rings is 2. The number of benzene rings is 1. The molecule has 3 heterocycles. The number of anilines is 1. The summed E-state index contributed by atoms with van der Waals surface area (Å²) in [7, 11) is -3.02. The fourth-order valence-electron chi connectivity index (χ4n) is 3.58. The Kier molecular flexibility index (Phi) is 8.00. The van der Waals surface area contributed by atoms with E-state index in [0.29, 0.717) is 12.3 Å². The smallest absolute Gasteiger partial charge is 0.305 e. The van der Waals surface area contributed by atoms with Crippen LogP contribution in [0.25, 0.3) is 11.4 Å². The number of hydrogen-bond acceptors (Lipinski definition) is 19. The van der Waals surface area contributed by atoms with E-state index in [-0.39, 0.29) is 0 Å². The Morgan fingerprint density at radius 2 is 1.42 bits per heavy atom. The first kappa shape index (κ1) is 32.0. The normalized spacial score (nSPS) is 11.7. The maximum absolute atomic E-state index is 13.3. The minimum Gasteiger partial charge on any atom is -0.503 e. The van der Waals surface area contributed by atoms with Crippen LogP contribution in [-0.4, -0.2) is 93.6 Å². The molecule has 22 heteroatoms. The molecule has 0 aliphatic heterocycles. The predicted molar refractivity (Wildman–Crippen MR) is 143 cm³/mol. The summed E-state index contributed by atoms with van der Waals surface area (Å²) in [5.41, 5.74) is -2.91. The molecule has 21 nitrogen and oxygen atoms in total. The summed E-state index contributed by atoms with van der Waals surface area (Å²) in [6, 6.07) is 1.48. The van der Waals surface area contributed by atoms with E-state index in [0.717, 1.165) is 20.3 Å². The molecule has 0 atom stereocenters. The number of rotatable bonds is 9. The monoisotopic (exact) mass is 655 g/mol. The fourth-order valence-corrected chi connectivity index (χ4v) is 4.52. The Morgan fingerprint density at radius 1 is 0.800 bits per heavy atom. The Morgan fingerprint density at radius 3 is 1.96 bits per heavy atom. The first-order valence-electron chi connectivity index (χ1n) is 11.6. The van der Waals surface area contributed by atoms with Crippen LogP contribution in [0.5, 0.6) is 63.5 Å². The number of aromatic hydroxyl groups is 7. The van der Waals surface area contributed by atoms with Gasteiger partial charge >= 0.3 is 5.97 Å². The molecule has 0 spiro atoms. The van der Waals surface area contributed by atoms with Crippen LogP contribution in [0.4, 0.5) is 5.82 Å². The maximum atomic E-state index is 13.3. The zero-order valence-electron chi connectivity index (χ0n) is 22.4. The number of hydrogen-bond donors (Lipinski definition) is 12. The van der Waals surface area contributed by atoms with Crippen LogP contribution >= 0.6 is 0 Å². The second-order valence-electron chi connectivity index (χ2n) is 8.59. The molecule has 0 amide bonds. The molecule has 45 heavy (non-hydrogen) atoms. The summed E-state index contributed by atoms with van der Waals surface area (Å²) in [5, 5.41) is 98.1. The highest BCUT2D eigenvalue weighted by atomic mass is 32.2. The van der Waals surface area contributed by atoms with Gasteiger partial charge in [0.1, 0.15) is 5.56 Å². The van der Waals surface area contributed by atoms with Crippen LogP contribution in [0.2, 0.25) is 0 Å². The number of aliphatic hydroxyl groups is 3. The van der Waals surface area contributed by atoms with Gasteiger partial charge in [0.05, 0.1) is 19.8 Å². The van der Waals surface area contributed by atoms with Crippen LogP contribution in [0, 0.1) is 0 Å². The van der Waals surface area contributed by atoms with Gasteiger partial charge in [0.2, 0.25) is 46.1 Å². The average Bonchev–Trinajstić information content (AvgIpc) is 2.98. The number of aromatic nitrogens is 4. The summed E-state index contributed by atoms with van der Waals surface area (Å²) < 4.78 is 44.0. The Bertz CT molecular complexity index is 1970. The number of aromatic amines is 1. The molecule has 3 aromatic heterocycles. The molecule has 240 valence electrons. The minimum atomic E-state index is -4.91. The van der Waals surface area contributed by atoms with E-state index in [2.05, 4.69) is 15.0 Å². The van der Waals surface area contributed by atoms with E-state index in [4.69, 9.17) is 14.2 Å². The standard InChI is InChI=1S/C23H21N5O16S/c1-42-15-13(33)11(31)12(32)14(34)16(15)44-17-19(28-45(40,41)7-4-3-6(5-24-7)23(37,38)39)25-18(26-22(17)43-2)8-9(29)20(35)27-21(36)10(8)30/h3-5,29-34,37-39H,1-2H3,(H,25,26,28)(H2,27,35,36). The highest BCUT2D eigenvalue weighted by Gasteiger charge is 2.32. The van der Waals surface area contributed by atoms with E-state index in [1.807, 2.05) is 4.72 Å². The van der Waals surface area contributed by atoms with Crippen molar-refractivity contribution >= 4 is 15.8 Å². The van der Waals surface area contributed by atoms with Crippen molar-refractivity contribution in [1.82, 2.24) is 19.9 Å². The summed E-state index contributed by atoms with van der Waals surface area (Å²) in [6.07, 6.45) is 0.581. The van der Waals surface area contributed by atoms with Gasteiger partial charge in [-0.2, -0.15) is 13.4 Å². The van der Waals surface area contributed by atoms with Crippen molar-refractivity contribution in [3.63, 3.8) is 0 Å². The molecule has 0 fully saturated rings. The minimum absolute atomic E-state index is 0.581. The molecule has 1 aromatic carbocycles. The predicted octanol–water partition coefficient (Wildman–Crippen LogP) is -1.14. The van der Waals surface area contributed by atoms with Gasteiger partial charge in [-0.05, 0) is 12.1 Å². The number of phenolic OH excluding ortho intramolecular Hbond substituents is 4. The lowest BCUT2D eigenvalue weighted by molar-refractivity contribution is -0.324. The lowest BCUT2D eigenvalue weighted by Crippen LogP contribution is -2.24. The third kappa shape index (κ3) is 5.70. The van der Waals surface area contributed by atoms with E-state index < -0.39 is 113 Å². The fraction of sp³-hybridized carbons (Fsp3) is 0.130. The SMILES string of the molecule is COc1nc(-c2c(O)c(O)[nH]c(=O)c2O)nc(NS(=O)(=O)c2ccc(C(O)(O)O)cn2)c1Oc1c(O)c(O)c(O)c(O)c1OC. The third-order valence-corrected chi connectivity index (χ3v) is 7.00. The molecular weight excluding hydrogens is 634 g/mol. The topological polar surface area (TPSA) is 348 Å². The van der Waals surface area contributed by atoms with Crippen molar-refractivity contribution in [2.45, 2.75) is 11.0 Å². The average molecular weight is 656 g/mol. The van der Waals surface area contributed by atoms with Gasteiger partial charge in [-0.3, -0.25) is 14.5 Å². The highest BCUT2D eigenvalue weighted by molar-refractivity contribution is 7.92. The van der Waals surface area contributed by atoms with Crippen molar-refractivity contribution in [3.8, 4) is 74.9 Å². The van der Waals surface area contributed by atoms with E-state index in [1.165, 1.54) is 0 Å². The molecule has 4 rings (SSSR count). The highest BCUT2D eigenvalue weighted by Crippen LogP contribution is 2.57. The van der Waals surface area contributed by atoms with Gasteiger partial charge in [0, 0.05) is 6.20 Å². The molecule has 0 saturated heterocycles. The van der Waals surface area contributed by atoms with Crippen molar-refractivity contribution in [1.29, 1.82) is 0 Å². The van der Waals surface area contributed by atoms with Gasteiger partial charge in [-0.15, -0.1) is 0 Å². The first-order chi connectivity index (χ1) is 20.9. The van der Waals surface area contributed by atoms with E-state index >= 15 is 0 Å². The molecule has 0 saturated carbocycles. The summed E-state index contributed by atoms with van der Waals surface area (Å²) in [5.74, 6) is -17.2. The molecule has 0 radical (unpaired) electrons. The molecular formula is C23H21N5O16S. The molecule has 0 aliphatic carbocycles. The number of sulfonamides is 1. The molecule has 12 N–H and O–H groups in total. The molecule has 0 bridgehead atoms. The zero-order valence-corrected chi connectivity index (χ0v) is 23.2. The molecule has 0 unspecified atom stereocenters. The Labute approximate surface area is 248 Å². The third-order valence-electron chi connectivity index (χ3n) is 5.74. The van der Waals surface area contributed by atoms with Crippen LogP contribution in [-0.2, 0) is 16.0 Å². The quantitative estimate of drug-likeness (QED) is 0.0576. The lowest BCUT2D eigenvalue weighted by atomic mass is 10.2. The Balaban J connectivity index is 2.01. The second-order valence-corrected chi connectivity index (χ2v) is 10.2. The van der Waals surface area contributed by atoms with Crippen molar-refractivity contribution in [3.05, 3.63) is 34.2 Å². The number of methoxy groups -OCH3 is 2. The summed E-state index contributed by atoms with van der Waals surface area (Å²) >= 11 is 0. The number of nitrogens with zero attached hydrogens (tertiary/aromatic N) is 3.